The Hall–Kier alpha value is -3.08. The van der Waals surface area contributed by atoms with Gasteiger partial charge >= 0.3 is 6.03 Å². The maximum atomic E-state index is 12.2. The van der Waals surface area contributed by atoms with E-state index in [2.05, 4.69) is 15.6 Å². The zero-order chi connectivity index (χ0) is 16.9. The highest BCUT2D eigenvalue weighted by atomic mass is 16.5. The first-order valence-corrected chi connectivity index (χ1v) is 7.70. The predicted molar refractivity (Wildman–Crippen MR) is 95.3 cm³/mol. The summed E-state index contributed by atoms with van der Waals surface area (Å²) in [6.45, 7) is 2.39. The number of nitrogens with zero attached hydrogens (tertiary/aromatic N) is 1. The molecule has 1 heterocycles. The fraction of sp³-hybridized carbons (Fsp3) is 0.158. The number of methoxy groups -OCH3 is 1. The van der Waals surface area contributed by atoms with Crippen LogP contribution in [0.15, 0.2) is 54.7 Å². The molecular formula is C19H19N3O2. The maximum absolute atomic E-state index is 12.2. The van der Waals surface area contributed by atoms with Crippen molar-refractivity contribution >= 4 is 22.6 Å². The number of carbonyl (C=O) groups is 1. The molecule has 2 amide bonds. The number of nitrogens with one attached hydrogen (secondary N) is 2. The number of fused-ring (bicyclic) bond motifs is 1. The Balaban J connectivity index is 1.73. The van der Waals surface area contributed by atoms with Crippen LogP contribution in [0.2, 0.25) is 0 Å². The molecule has 0 fully saturated rings. The second-order valence-corrected chi connectivity index (χ2v) is 5.45. The van der Waals surface area contributed by atoms with Crippen molar-refractivity contribution in [2.75, 3.05) is 12.4 Å². The highest BCUT2D eigenvalue weighted by molar-refractivity contribution is 6.01. The number of para-hydroxylation sites is 1. The smallest absolute Gasteiger partial charge is 0.319 e. The molecule has 0 aliphatic rings. The average molecular weight is 321 g/mol. The number of carbonyl (C=O) groups excluding carboxylic acids is 1. The van der Waals surface area contributed by atoms with Gasteiger partial charge in [-0.2, -0.15) is 0 Å². The normalized spacial score (nSPS) is 10.4. The summed E-state index contributed by atoms with van der Waals surface area (Å²) < 4.78 is 5.29. The molecular weight excluding hydrogens is 302 g/mol. The van der Waals surface area contributed by atoms with Crippen LogP contribution in [0.25, 0.3) is 10.9 Å². The third-order valence-electron chi connectivity index (χ3n) is 3.85. The molecule has 2 aromatic carbocycles. The fourth-order valence-corrected chi connectivity index (χ4v) is 2.61. The number of urea groups is 1. The van der Waals surface area contributed by atoms with Crippen molar-refractivity contribution in [3.63, 3.8) is 0 Å². The Bertz CT molecular complexity index is 877. The van der Waals surface area contributed by atoms with Gasteiger partial charge in [-0.3, -0.25) is 4.98 Å². The summed E-state index contributed by atoms with van der Waals surface area (Å²) in [7, 11) is 1.62. The van der Waals surface area contributed by atoms with Crippen LogP contribution in [0.1, 0.15) is 11.1 Å². The molecule has 3 aromatic rings. The van der Waals surface area contributed by atoms with Crippen LogP contribution in [0.5, 0.6) is 5.75 Å². The summed E-state index contributed by atoms with van der Waals surface area (Å²) >= 11 is 0. The van der Waals surface area contributed by atoms with Gasteiger partial charge in [0.1, 0.15) is 5.75 Å². The van der Waals surface area contributed by atoms with Crippen molar-refractivity contribution < 1.29 is 9.53 Å². The van der Waals surface area contributed by atoms with Gasteiger partial charge in [0.05, 0.1) is 18.3 Å². The van der Waals surface area contributed by atoms with E-state index in [9.17, 15) is 4.79 Å². The number of anilines is 1. The second-order valence-electron chi connectivity index (χ2n) is 5.45. The number of aryl methyl sites for hydroxylation is 1. The molecule has 2 N–H and O–H groups in total. The monoisotopic (exact) mass is 321 g/mol. The average Bonchev–Trinajstić information content (AvgIpc) is 2.63. The zero-order valence-corrected chi connectivity index (χ0v) is 13.7. The first-order chi connectivity index (χ1) is 11.7. The molecule has 0 spiro atoms. The van der Waals surface area contributed by atoms with Gasteiger partial charge in [0.15, 0.2) is 0 Å². The first kappa shape index (κ1) is 15.8. The van der Waals surface area contributed by atoms with Crippen molar-refractivity contribution in [3.05, 3.63) is 65.9 Å². The Morgan fingerprint density at radius 3 is 2.79 bits per heavy atom. The van der Waals surface area contributed by atoms with Crippen molar-refractivity contribution in [2.24, 2.45) is 0 Å². The minimum absolute atomic E-state index is 0.269. The van der Waals surface area contributed by atoms with Gasteiger partial charge in [0.2, 0.25) is 0 Å². The minimum atomic E-state index is -0.269. The molecule has 0 unspecified atom stereocenters. The third kappa shape index (κ3) is 3.30. The van der Waals surface area contributed by atoms with Gasteiger partial charge in [-0.1, -0.05) is 24.3 Å². The zero-order valence-electron chi connectivity index (χ0n) is 13.7. The molecule has 0 atom stereocenters. The summed E-state index contributed by atoms with van der Waals surface area (Å²) in [5, 5.41) is 6.66. The summed E-state index contributed by atoms with van der Waals surface area (Å²) in [6.07, 6.45) is 1.75. The topological polar surface area (TPSA) is 63.2 Å². The lowest BCUT2D eigenvalue weighted by molar-refractivity contribution is 0.251. The standard InChI is InChI=1S/C19H19N3O2/c1-13-9-10-16(15-7-5-11-20-18(13)15)22-19(23)21-12-14-6-3-4-8-17(14)24-2/h3-11H,12H2,1-2H3,(H2,21,22,23). The van der Waals surface area contributed by atoms with Gasteiger partial charge in [-0.25, -0.2) is 4.79 Å². The summed E-state index contributed by atoms with van der Waals surface area (Å²) in [5.74, 6) is 0.753. The molecule has 1 aromatic heterocycles. The lowest BCUT2D eigenvalue weighted by atomic mass is 10.1. The van der Waals surface area contributed by atoms with Crippen LogP contribution in [0.3, 0.4) is 0 Å². The van der Waals surface area contributed by atoms with Gasteiger partial charge in [-0.15, -0.1) is 0 Å². The summed E-state index contributed by atoms with van der Waals surface area (Å²) in [4.78, 5) is 16.6. The Morgan fingerprint density at radius 1 is 1.12 bits per heavy atom. The van der Waals surface area contributed by atoms with E-state index in [-0.39, 0.29) is 6.03 Å². The number of rotatable bonds is 4. The molecule has 0 aliphatic heterocycles. The molecule has 24 heavy (non-hydrogen) atoms. The van der Waals surface area contributed by atoms with Crippen molar-refractivity contribution in [1.29, 1.82) is 0 Å². The molecule has 3 rings (SSSR count). The van der Waals surface area contributed by atoms with E-state index in [1.807, 2.05) is 55.5 Å². The van der Waals surface area contributed by atoms with Crippen LogP contribution in [-0.2, 0) is 6.54 Å². The number of aromatic nitrogens is 1. The van der Waals surface area contributed by atoms with Crippen molar-refractivity contribution in [3.8, 4) is 5.75 Å². The molecule has 0 aliphatic carbocycles. The Morgan fingerprint density at radius 2 is 1.96 bits per heavy atom. The van der Waals surface area contributed by atoms with Crippen LogP contribution in [0.4, 0.5) is 10.5 Å². The number of pyridine rings is 1. The Kier molecular flexibility index (Phi) is 4.61. The van der Waals surface area contributed by atoms with Gasteiger partial charge in [0.25, 0.3) is 0 Å². The van der Waals surface area contributed by atoms with Crippen LogP contribution in [0, 0.1) is 6.92 Å². The van der Waals surface area contributed by atoms with Crippen molar-refractivity contribution in [1.82, 2.24) is 10.3 Å². The van der Waals surface area contributed by atoms with E-state index in [1.54, 1.807) is 13.3 Å². The lowest BCUT2D eigenvalue weighted by Crippen LogP contribution is -2.28. The number of benzene rings is 2. The highest BCUT2D eigenvalue weighted by Gasteiger charge is 2.09. The summed E-state index contributed by atoms with van der Waals surface area (Å²) in [5.41, 5.74) is 3.62. The second kappa shape index (κ2) is 7.00. The SMILES string of the molecule is COc1ccccc1CNC(=O)Nc1ccc(C)c2ncccc12. The van der Waals surface area contributed by atoms with Crippen molar-refractivity contribution in [2.45, 2.75) is 13.5 Å². The van der Waals surface area contributed by atoms with E-state index in [0.29, 0.717) is 6.54 Å². The highest BCUT2D eigenvalue weighted by Crippen LogP contribution is 2.24. The first-order valence-electron chi connectivity index (χ1n) is 7.70. The van der Waals surface area contributed by atoms with E-state index >= 15 is 0 Å². The molecule has 122 valence electrons. The van der Waals surface area contributed by atoms with E-state index in [4.69, 9.17) is 4.74 Å². The quantitative estimate of drug-likeness (QED) is 0.766. The van der Waals surface area contributed by atoms with Crippen LogP contribution >= 0.6 is 0 Å². The van der Waals surface area contributed by atoms with Gasteiger partial charge < -0.3 is 15.4 Å². The lowest BCUT2D eigenvalue weighted by Gasteiger charge is -2.12. The number of amides is 2. The number of hydrogen-bond acceptors (Lipinski definition) is 3. The molecule has 0 radical (unpaired) electrons. The van der Waals surface area contributed by atoms with E-state index in [0.717, 1.165) is 33.5 Å². The largest absolute Gasteiger partial charge is 0.496 e. The van der Waals surface area contributed by atoms with Gasteiger partial charge in [0, 0.05) is 23.7 Å². The molecule has 0 saturated heterocycles. The van der Waals surface area contributed by atoms with E-state index in [1.165, 1.54) is 0 Å². The number of hydrogen-bond donors (Lipinski definition) is 2. The van der Waals surface area contributed by atoms with Crippen LogP contribution < -0.4 is 15.4 Å². The predicted octanol–water partition coefficient (Wildman–Crippen LogP) is 3.87. The molecule has 5 heteroatoms. The van der Waals surface area contributed by atoms with E-state index < -0.39 is 0 Å². The van der Waals surface area contributed by atoms with Crippen LogP contribution in [-0.4, -0.2) is 18.1 Å². The Labute approximate surface area is 140 Å². The molecule has 0 saturated carbocycles. The maximum Gasteiger partial charge on any atom is 0.319 e. The number of ether oxygens (including phenoxy) is 1. The van der Waals surface area contributed by atoms with Gasteiger partial charge in [-0.05, 0) is 36.8 Å². The third-order valence-corrected chi connectivity index (χ3v) is 3.85. The fourth-order valence-electron chi connectivity index (χ4n) is 2.61. The molecule has 5 nitrogen and oxygen atoms in total. The minimum Gasteiger partial charge on any atom is -0.496 e. The summed E-state index contributed by atoms with van der Waals surface area (Å²) in [6, 6.07) is 15.0. The molecule has 0 bridgehead atoms.